The number of nitrogens with one attached hydrogen (secondary N) is 2. The molecule has 1 aliphatic rings. The van der Waals surface area contributed by atoms with Gasteiger partial charge in [-0.25, -0.2) is 9.71 Å². The number of amides is 1. The third-order valence-electron chi connectivity index (χ3n) is 5.84. The summed E-state index contributed by atoms with van der Waals surface area (Å²) < 4.78 is 32.7. The van der Waals surface area contributed by atoms with Crippen LogP contribution >= 0.6 is 0 Å². The minimum atomic E-state index is -3.91. The molecule has 1 fully saturated rings. The van der Waals surface area contributed by atoms with Crippen LogP contribution in [-0.2, 0) is 22.1 Å². The van der Waals surface area contributed by atoms with Crippen LogP contribution < -0.4 is 9.44 Å². The zero-order valence-electron chi connectivity index (χ0n) is 18.3. The number of fused-ring (bicyclic) bond motifs is 1. The molecule has 4 rings (SSSR count). The number of aryl methyl sites for hydroxylation is 2. The average molecular weight is 457 g/mol. The van der Waals surface area contributed by atoms with Crippen molar-refractivity contribution in [1.29, 1.82) is 0 Å². The lowest BCUT2D eigenvalue weighted by Crippen LogP contribution is -2.41. The number of aromatic nitrogens is 4. The van der Waals surface area contributed by atoms with Crippen LogP contribution in [0, 0.1) is 12.8 Å². The fraction of sp³-hybridized carbons (Fsp3) is 0.409. The predicted molar refractivity (Wildman–Crippen MR) is 123 cm³/mol. The Morgan fingerprint density at radius 1 is 1.25 bits per heavy atom. The third kappa shape index (κ3) is 4.91. The molecule has 1 amide bonds. The van der Waals surface area contributed by atoms with E-state index in [2.05, 4.69) is 19.5 Å². The SMILES string of the molecule is Cc1nn(C)c(-n2ccc3cccnc32)c1/C=C/C(=O)NS(=O)(=O)NCC1CCCCC1. The minimum Gasteiger partial charge on any atom is -0.285 e. The number of carbonyl (C=O) groups is 1. The van der Waals surface area contributed by atoms with Crippen molar-refractivity contribution in [2.75, 3.05) is 6.54 Å². The fourth-order valence-electron chi connectivity index (χ4n) is 4.26. The van der Waals surface area contributed by atoms with Gasteiger partial charge in [0.25, 0.3) is 5.91 Å². The lowest BCUT2D eigenvalue weighted by molar-refractivity contribution is -0.114. The molecule has 0 aromatic carbocycles. The van der Waals surface area contributed by atoms with E-state index in [1.165, 1.54) is 12.5 Å². The topological polar surface area (TPSA) is 111 Å². The Morgan fingerprint density at radius 2 is 2.03 bits per heavy atom. The zero-order chi connectivity index (χ0) is 22.7. The van der Waals surface area contributed by atoms with Crippen LogP contribution in [0.1, 0.15) is 43.4 Å². The summed E-state index contributed by atoms with van der Waals surface area (Å²) in [6.45, 7) is 2.19. The number of rotatable bonds is 7. The first-order chi connectivity index (χ1) is 15.3. The van der Waals surface area contributed by atoms with Gasteiger partial charge in [-0.1, -0.05) is 19.3 Å². The Morgan fingerprint density at radius 3 is 2.81 bits per heavy atom. The lowest BCUT2D eigenvalue weighted by atomic mass is 9.90. The summed E-state index contributed by atoms with van der Waals surface area (Å²) in [6.07, 6.45) is 11.9. The van der Waals surface area contributed by atoms with Gasteiger partial charge < -0.3 is 0 Å². The standard InChI is InChI=1S/C22H28N6O3S/c1-16-19(22(27(2)25-16)28-14-12-18-9-6-13-23-21(18)28)10-11-20(29)26-32(30,31)24-15-17-7-4-3-5-8-17/h6,9-14,17,24H,3-5,7-8,15H2,1-2H3,(H,26,29)/b11-10+. The Hall–Kier alpha value is -2.98. The Labute approximate surface area is 187 Å². The highest BCUT2D eigenvalue weighted by Gasteiger charge is 2.19. The van der Waals surface area contributed by atoms with Crippen LogP contribution in [0.25, 0.3) is 22.9 Å². The number of nitrogens with zero attached hydrogens (tertiary/aromatic N) is 4. The number of pyridine rings is 1. The van der Waals surface area contributed by atoms with Gasteiger partial charge in [0, 0.05) is 43.0 Å². The van der Waals surface area contributed by atoms with E-state index in [9.17, 15) is 13.2 Å². The molecule has 2 N–H and O–H groups in total. The summed E-state index contributed by atoms with van der Waals surface area (Å²) in [7, 11) is -2.09. The zero-order valence-corrected chi connectivity index (χ0v) is 19.1. The summed E-state index contributed by atoms with van der Waals surface area (Å²) in [5.41, 5.74) is 2.19. The summed E-state index contributed by atoms with van der Waals surface area (Å²) in [5.74, 6) is 0.348. The molecule has 10 heteroatoms. The van der Waals surface area contributed by atoms with Crippen molar-refractivity contribution in [2.45, 2.75) is 39.0 Å². The normalized spacial score (nSPS) is 15.6. The van der Waals surface area contributed by atoms with E-state index >= 15 is 0 Å². The lowest BCUT2D eigenvalue weighted by Gasteiger charge is -2.21. The summed E-state index contributed by atoms with van der Waals surface area (Å²) in [6, 6.07) is 5.79. The van der Waals surface area contributed by atoms with Crippen LogP contribution in [0.2, 0.25) is 0 Å². The fourth-order valence-corrected chi connectivity index (χ4v) is 5.12. The highest BCUT2D eigenvalue weighted by Crippen LogP contribution is 2.24. The molecule has 0 atom stereocenters. The van der Waals surface area contributed by atoms with Gasteiger partial charge >= 0.3 is 10.2 Å². The quantitative estimate of drug-likeness (QED) is 0.531. The van der Waals surface area contributed by atoms with Gasteiger partial charge in [0.15, 0.2) is 0 Å². The molecule has 32 heavy (non-hydrogen) atoms. The van der Waals surface area contributed by atoms with E-state index in [1.54, 1.807) is 17.0 Å². The molecule has 1 saturated carbocycles. The van der Waals surface area contributed by atoms with Crippen LogP contribution in [0.4, 0.5) is 0 Å². The second kappa shape index (κ2) is 9.25. The largest absolute Gasteiger partial charge is 0.301 e. The van der Waals surface area contributed by atoms with Gasteiger partial charge in [0.2, 0.25) is 0 Å². The molecule has 0 radical (unpaired) electrons. The monoisotopic (exact) mass is 456 g/mol. The van der Waals surface area contributed by atoms with Gasteiger partial charge in [-0.2, -0.15) is 18.2 Å². The van der Waals surface area contributed by atoms with Crippen LogP contribution in [-0.4, -0.2) is 40.2 Å². The predicted octanol–water partition coefficient (Wildman–Crippen LogP) is 2.61. The molecule has 0 spiro atoms. The average Bonchev–Trinajstić information content (AvgIpc) is 3.31. The van der Waals surface area contributed by atoms with Gasteiger partial charge in [0.05, 0.1) is 5.69 Å². The van der Waals surface area contributed by atoms with Crippen molar-refractivity contribution in [3.63, 3.8) is 0 Å². The van der Waals surface area contributed by atoms with E-state index in [-0.39, 0.29) is 0 Å². The molecule has 9 nitrogen and oxygen atoms in total. The molecule has 3 aromatic heterocycles. The number of hydrogen-bond donors (Lipinski definition) is 2. The van der Waals surface area contributed by atoms with E-state index in [0.29, 0.717) is 23.7 Å². The van der Waals surface area contributed by atoms with Gasteiger partial charge in [-0.3, -0.25) is 14.0 Å². The molecule has 0 aliphatic heterocycles. The van der Waals surface area contributed by atoms with E-state index < -0.39 is 16.1 Å². The Bertz CT molecular complexity index is 1250. The van der Waals surface area contributed by atoms with Crippen LogP contribution in [0.3, 0.4) is 0 Å². The van der Waals surface area contributed by atoms with Gasteiger partial charge in [-0.15, -0.1) is 0 Å². The molecular weight excluding hydrogens is 428 g/mol. The molecule has 1 aliphatic carbocycles. The molecule has 3 heterocycles. The molecule has 170 valence electrons. The molecule has 3 aromatic rings. The first-order valence-corrected chi connectivity index (χ1v) is 12.3. The number of hydrogen-bond acceptors (Lipinski definition) is 5. The second-order valence-corrected chi connectivity index (χ2v) is 9.70. The maximum Gasteiger partial charge on any atom is 0.301 e. The first-order valence-electron chi connectivity index (χ1n) is 10.8. The second-order valence-electron chi connectivity index (χ2n) is 8.20. The van der Waals surface area contributed by atoms with Crippen molar-refractivity contribution < 1.29 is 13.2 Å². The number of carbonyl (C=O) groups excluding carboxylic acids is 1. The summed E-state index contributed by atoms with van der Waals surface area (Å²) in [4.78, 5) is 16.8. The third-order valence-corrected chi connectivity index (χ3v) is 6.85. The molecule has 0 unspecified atom stereocenters. The van der Waals surface area contributed by atoms with Crippen molar-refractivity contribution in [3.8, 4) is 5.82 Å². The highest BCUT2D eigenvalue weighted by atomic mass is 32.2. The summed E-state index contributed by atoms with van der Waals surface area (Å²) >= 11 is 0. The Balaban J connectivity index is 1.49. The van der Waals surface area contributed by atoms with Gasteiger partial charge in [-0.05, 0) is 50.0 Å². The molecule has 0 saturated heterocycles. The van der Waals surface area contributed by atoms with Crippen molar-refractivity contribution in [2.24, 2.45) is 13.0 Å². The maximum atomic E-state index is 12.3. The molecular formula is C22H28N6O3S. The smallest absolute Gasteiger partial charge is 0.285 e. The first kappa shape index (κ1) is 22.2. The van der Waals surface area contributed by atoms with Gasteiger partial charge in [0.1, 0.15) is 11.5 Å². The van der Waals surface area contributed by atoms with E-state index in [1.807, 2.05) is 42.9 Å². The van der Waals surface area contributed by atoms with Crippen molar-refractivity contribution in [1.82, 2.24) is 28.8 Å². The maximum absolute atomic E-state index is 12.3. The van der Waals surface area contributed by atoms with Crippen molar-refractivity contribution in [3.05, 3.63) is 47.9 Å². The van der Waals surface area contributed by atoms with Crippen LogP contribution in [0.15, 0.2) is 36.7 Å². The van der Waals surface area contributed by atoms with Crippen molar-refractivity contribution >= 4 is 33.2 Å². The Kier molecular flexibility index (Phi) is 6.43. The molecule has 0 bridgehead atoms. The highest BCUT2D eigenvalue weighted by molar-refractivity contribution is 7.88. The van der Waals surface area contributed by atoms with E-state index in [4.69, 9.17) is 0 Å². The van der Waals surface area contributed by atoms with E-state index in [0.717, 1.165) is 42.5 Å². The summed E-state index contributed by atoms with van der Waals surface area (Å²) in [5, 5.41) is 5.44. The minimum absolute atomic E-state index is 0.330. The van der Waals surface area contributed by atoms with Crippen LogP contribution in [0.5, 0.6) is 0 Å².